The van der Waals surface area contributed by atoms with Gasteiger partial charge in [0.15, 0.2) is 0 Å². The van der Waals surface area contributed by atoms with E-state index in [-0.39, 0.29) is 18.3 Å². The van der Waals surface area contributed by atoms with Gasteiger partial charge in [-0.25, -0.2) is 9.18 Å². The van der Waals surface area contributed by atoms with Crippen molar-refractivity contribution in [1.29, 1.82) is 0 Å². The van der Waals surface area contributed by atoms with Crippen LogP contribution in [0.4, 0.5) is 4.39 Å². The summed E-state index contributed by atoms with van der Waals surface area (Å²) < 4.78 is 18.9. The molecule has 2 aromatic rings. The fourth-order valence-electron chi connectivity index (χ4n) is 1.54. The predicted octanol–water partition coefficient (Wildman–Crippen LogP) is 1.80. The molecule has 0 radical (unpaired) electrons. The lowest BCUT2D eigenvalue weighted by molar-refractivity contribution is 0.0645. The minimum Gasteiger partial charge on any atom is -0.390 e. The van der Waals surface area contributed by atoms with E-state index in [1.54, 1.807) is 13.8 Å². The molecule has 0 aliphatic carbocycles. The maximum atomic E-state index is 12.8. The molecule has 0 spiro atoms. The van der Waals surface area contributed by atoms with Gasteiger partial charge in [-0.05, 0) is 44.5 Å². The number of rotatable bonds is 4. The van der Waals surface area contributed by atoms with Gasteiger partial charge in [-0.3, -0.25) is 0 Å². The van der Waals surface area contributed by atoms with Gasteiger partial charge in [0.2, 0.25) is 5.89 Å². The van der Waals surface area contributed by atoms with Crippen molar-refractivity contribution in [1.82, 2.24) is 9.78 Å². The number of nitrogens with zero attached hydrogens (tertiary/aromatic N) is 2. The summed E-state index contributed by atoms with van der Waals surface area (Å²) in [5.41, 5.74) is -0.352. The Hall–Kier alpha value is -1.95. The van der Waals surface area contributed by atoms with Crippen molar-refractivity contribution < 1.29 is 13.9 Å². The first-order chi connectivity index (χ1) is 8.85. The number of halogens is 1. The third-order valence-electron chi connectivity index (χ3n) is 2.63. The predicted molar refractivity (Wildman–Crippen MR) is 67.1 cm³/mol. The van der Waals surface area contributed by atoms with Gasteiger partial charge in [-0.1, -0.05) is 0 Å². The van der Waals surface area contributed by atoms with Crippen molar-refractivity contribution in [2.75, 3.05) is 0 Å². The minimum absolute atomic E-state index is 0.140. The van der Waals surface area contributed by atoms with E-state index in [9.17, 15) is 14.3 Å². The van der Waals surface area contributed by atoms with Crippen LogP contribution in [0.1, 0.15) is 20.3 Å². The van der Waals surface area contributed by atoms with E-state index in [4.69, 9.17) is 4.42 Å². The van der Waals surface area contributed by atoms with Gasteiger partial charge < -0.3 is 9.52 Å². The van der Waals surface area contributed by atoms with Crippen LogP contribution in [-0.4, -0.2) is 20.5 Å². The molecule has 1 N–H and O–H groups in total. The van der Waals surface area contributed by atoms with Crippen LogP contribution in [0.15, 0.2) is 33.5 Å². The van der Waals surface area contributed by atoms with Crippen molar-refractivity contribution in [2.24, 2.45) is 0 Å². The smallest absolute Gasteiger partial charge is 0.390 e. The molecule has 102 valence electrons. The lowest BCUT2D eigenvalue weighted by Crippen LogP contribution is -2.25. The Balaban J connectivity index is 2.21. The summed E-state index contributed by atoms with van der Waals surface area (Å²) in [7, 11) is 0. The second-order valence-electron chi connectivity index (χ2n) is 4.97. The monoisotopic (exact) mass is 266 g/mol. The SMILES string of the molecule is CC(C)(O)CCn1nc(-c2ccc(F)cc2)oc1=O. The number of aryl methyl sites for hydroxylation is 1. The van der Waals surface area contributed by atoms with Gasteiger partial charge >= 0.3 is 5.76 Å². The van der Waals surface area contributed by atoms with Crippen LogP contribution in [0, 0.1) is 5.82 Å². The summed E-state index contributed by atoms with van der Waals surface area (Å²) in [4.78, 5) is 11.6. The third kappa shape index (κ3) is 3.51. The number of aliphatic hydroxyl groups is 1. The normalized spacial score (nSPS) is 11.8. The molecule has 2 rings (SSSR count). The van der Waals surface area contributed by atoms with Gasteiger partial charge in [0, 0.05) is 5.56 Å². The molecular formula is C13H15FN2O3. The van der Waals surface area contributed by atoms with Crippen molar-refractivity contribution in [3.63, 3.8) is 0 Å². The maximum absolute atomic E-state index is 12.8. The van der Waals surface area contributed by atoms with E-state index < -0.39 is 11.4 Å². The summed E-state index contributed by atoms with van der Waals surface area (Å²) in [6, 6.07) is 5.51. The zero-order valence-electron chi connectivity index (χ0n) is 10.8. The molecule has 0 amide bonds. The highest BCUT2D eigenvalue weighted by Gasteiger charge is 2.15. The zero-order chi connectivity index (χ0) is 14.0. The fraction of sp³-hybridized carbons (Fsp3) is 0.385. The van der Waals surface area contributed by atoms with E-state index in [1.165, 1.54) is 24.3 Å². The first-order valence-electron chi connectivity index (χ1n) is 5.91. The van der Waals surface area contributed by atoms with Crippen molar-refractivity contribution in [2.45, 2.75) is 32.4 Å². The molecule has 5 nitrogen and oxygen atoms in total. The van der Waals surface area contributed by atoms with Crippen molar-refractivity contribution in [3.05, 3.63) is 40.6 Å². The Labute approximate surface area is 109 Å². The molecule has 19 heavy (non-hydrogen) atoms. The molecule has 1 aromatic carbocycles. The van der Waals surface area contributed by atoms with Gasteiger partial charge in [0.1, 0.15) is 5.82 Å². The van der Waals surface area contributed by atoms with Gasteiger partial charge in [0.25, 0.3) is 0 Å². The molecule has 0 saturated heterocycles. The Bertz CT molecular complexity index is 608. The molecule has 0 aliphatic heterocycles. The van der Waals surface area contributed by atoms with E-state index in [2.05, 4.69) is 5.10 Å². The highest BCUT2D eigenvalue weighted by atomic mass is 19.1. The second kappa shape index (κ2) is 4.97. The summed E-state index contributed by atoms with van der Waals surface area (Å²) in [5.74, 6) is -0.822. The third-order valence-corrected chi connectivity index (χ3v) is 2.63. The number of benzene rings is 1. The number of hydrogen-bond donors (Lipinski definition) is 1. The summed E-state index contributed by atoms with van der Waals surface area (Å²) in [6.45, 7) is 3.56. The molecule has 0 unspecified atom stereocenters. The molecule has 1 heterocycles. The Morgan fingerprint density at radius 2 is 2.00 bits per heavy atom. The zero-order valence-corrected chi connectivity index (χ0v) is 10.8. The van der Waals surface area contributed by atoms with Crippen LogP contribution >= 0.6 is 0 Å². The molecule has 0 bridgehead atoms. The van der Waals surface area contributed by atoms with Crippen LogP contribution in [0.3, 0.4) is 0 Å². The van der Waals surface area contributed by atoms with Crippen LogP contribution < -0.4 is 5.76 Å². The fourth-order valence-corrected chi connectivity index (χ4v) is 1.54. The van der Waals surface area contributed by atoms with Gasteiger partial charge in [0.05, 0.1) is 12.1 Å². The molecule has 0 fully saturated rings. The molecule has 0 saturated carbocycles. The quantitative estimate of drug-likeness (QED) is 0.916. The standard InChI is InChI=1S/C13H15FN2O3/c1-13(2,18)7-8-16-12(17)19-11(15-16)9-3-5-10(14)6-4-9/h3-6,18H,7-8H2,1-2H3. The molecule has 6 heteroatoms. The molecule has 1 aromatic heterocycles. The summed E-state index contributed by atoms with van der Waals surface area (Å²) in [6.07, 6.45) is 0.377. The maximum Gasteiger partial charge on any atom is 0.437 e. The van der Waals surface area contributed by atoms with Crippen LogP contribution in [-0.2, 0) is 6.54 Å². The van der Waals surface area contributed by atoms with E-state index in [0.29, 0.717) is 12.0 Å². The second-order valence-corrected chi connectivity index (χ2v) is 4.97. The lowest BCUT2D eigenvalue weighted by Gasteiger charge is -2.15. The van der Waals surface area contributed by atoms with E-state index in [0.717, 1.165) is 4.68 Å². The van der Waals surface area contributed by atoms with Crippen LogP contribution in [0.2, 0.25) is 0 Å². The molecule has 0 atom stereocenters. The Morgan fingerprint density at radius 1 is 1.37 bits per heavy atom. The number of aromatic nitrogens is 2. The van der Waals surface area contributed by atoms with Crippen LogP contribution in [0.25, 0.3) is 11.5 Å². The van der Waals surface area contributed by atoms with Crippen molar-refractivity contribution >= 4 is 0 Å². The first-order valence-corrected chi connectivity index (χ1v) is 5.91. The van der Waals surface area contributed by atoms with Gasteiger partial charge in [-0.15, -0.1) is 5.10 Å². The number of hydrogen-bond acceptors (Lipinski definition) is 4. The molecular weight excluding hydrogens is 251 g/mol. The Morgan fingerprint density at radius 3 is 2.58 bits per heavy atom. The van der Waals surface area contributed by atoms with Crippen molar-refractivity contribution in [3.8, 4) is 11.5 Å². The summed E-state index contributed by atoms with van der Waals surface area (Å²) in [5, 5.41) is 13.6. The van der Waals surface area contributed by atoms with E-state index in [1.807, 2.05) is 0 Å². The summed E-state index contributed by atoms with van der Waals surface area (Å²) >= 11 is 0. The average molecular weight is 266 g/mol. The first kappa shape index (κ1) is 13.5. The topological polar surface area (TPSA) is 68.3 Å². The lowest BCUT2D eigenvalue weighted by atomic mass is 10.1. The largest absolute Gasteiger partial charge is 0.437 e. The van der Waals surface area contributed by atoms with Gasteiger partial charge in [-0.2, -0.15) is 4.68 Å². The molecule has 0 aliphatic rings. The van der Waals surface area contributed by atoms with Crippen LogP contribution in [0.5, 0.6) is 0 Å². The highest BCUT2D eigenvalue weighted by molar-refractivity contribution is 5.51. The highest BCUT2D eigenvalue weighted by Crippen LogP contribution is 2.16. The van der Waals surface area contributed by atoms with E-state index >= 15 is 0 Å². The Kier molecular flexibility index (Phi) is 3.53. The minimum atomic E-state index is -0.881. The average Bonchev–Trinajstić information content (AvgIpc) is 2.68.